The van der Waals surface area contributed by atoms with Crippen LogP contribution in [0.1, 0.15) is 44.2 Å². The number of hydrogen-bond acceptors (Lipinski definition) is 3. The Balaban J connectivity index is 1.42. The first-order valence-corrected chi connectivity index (χ1v) is 12.1. The van der Waals surface area contributed by atoms with E-state index < -0.39 is 29.1 Å². The minimum Gasteiger partial charge on any atom is -0.491 e. The molecule has 0 spiro atoms. The number of halogens is 5. The lowest BCUT2D eigenvalue weighted by molar-refractivity contribution is 0.0341. The second-order valence-corrected chi connectivity index (χ2v) is 8.59. The zero-order chi connectivity index (χ0) is 26.5. The number of rotatable bonds is 9. The molecule has 0 aliphatic heterocycles. The van der Waals surface area contributed by atoms with Crippen LogP contribution in [0.3, 0.4) is 0 Å². The Morgan fingerprint density at radius 1 is 0.757 bits per heavy atom. The molecule has 0 aromatic heterocycles. The van der Waals surface area contributed by atoms with E-state index in [1.54, 1.807) is 19.9 Å². The van der Waals surface area contributed by atoms with Crippen molar-refractivity contribution in [2.75, 3.05) is 13.2 Å². The SMILES string of the molecule is CCOc1ccc(COC2CC=C(c3ccc(-c4ccc(OCC)c(F)c4F)c(F)c3)CC2)c(F)c1F. The molecule has 3 nitrogen and oxygen atoms in total. The van der Waals surface area contributed by atoms with Crippen molar-refractivity contribution in [2.24, 2.45) is 0 Å². The summed E-state index contributed by atoms with van der Waals surface area (Å²) in [6.45, 7) is 3.66. The molecule has 37 heavy (non-hydrogen) atoms. The predicted molar refractivity (Wildman–Crippen MR) is 131 cm³/mol. The van der Waals surface area contributed by atoms with E-state index >= 15 is 0 Å². The molecule has 1 unspecified atom stereocenters. The Kier molecular flexibility index (Phi) is 8.48. The van der Waals surface area contributed by atoms with Crippen LogP contribution in [0.4, 0.5) is 22.0 Å². The van der Waals surface area contributed by atoms with E-state index in [0.29, 0.717) is 24.8 Å². The molecular formula is C29H27F5O3. The summed E-state index contributed by atoms with van der Waals surface area (Å²) in [6, 6.07) is 9.79. The van der Waals surface area contributed by atoms with E-state index in [-0.39, 0.29) is 54.1 Å². The maximum absolute atomic E-state index is 14.9. The number of hydrogen-bond donors (Lipinski definition) is 0. The maximum atomic E-state index is 14.9. The Hall–Kier alpha value is -3.39. The van der Waals surface area contributed by atoms with E-state index in [2.05, 4.69) is 0 Å². The third-order valence-corrected chi connectivity index (χ3v) is 6.24. The average Bonchev–Trinajstić information content (AvgIpc) is 2.90. The molecule has 0 saturated heterocycles. The molecule has 0 bridgehead atoms. The molecule has 0 fully saturated rings. The molecule has 3 aromatic carbocycles. The van der Waals surface area contributed by atoms with Gasteiger partial charge in [-0.25, -0.2) is 13.2 Å². The van der Waals surface area contributed by atoms with Gasteiger partial charge >= 0.3 is 0 Å². The van der Waals surface area contributed by atoms with Crippen molar-refractivity contribution in [3.05, 3.63) is 88.8 Å². The van der Waals surface area contributed by atoms with Gasteiger partial charge in [0, 0.05) is 16.7 Å². The van der Waals surface area contributed by atoms with Gasteiger partial charge in [-0.15, -0.1) is 0 Å². The fourth-order valence-corrected chi connectivity index (χ4v) is 4.32. The molecule has 1 aliphatic rings. The summed E-state index contributed by atoms with van der Waals surface area (Å²) in [5.74, 6) is -5.38. The van der Waals surface area contributed by atoms with Crippen LogP contribution in [0.25, 0.3) is 16.7 Å². The normalized spacial score (nSPS) is 15.4. The molecule has 3 aromatic rings. The Morgan fingerprint density at radius 3 is 2.03 bits per heavy atom. The number of benzene rings is 3. The second-order valence-electron chi connectivity index (χ2n) is 8.59. The van der Waals surface area contributed by atoms with Crippen LogP contribution in [0.2, 0.25) is 0 Å². The highest BCUT2D eigenvalue weighted by Gasteiger charge is 2.21. The topological polar surface area (TPSA) is 27.7 Å². The Labute approximate surface area is 212 Å². The highest BCUT2D eigenvalue weighted by atomic mass is 19.2. The first kappa shape index (κ1) is 26.7. The molecule has 8 heteroatoms. The lowest BCUT2D eigenvalue weighted by atomic mass is 9.90. The predicted octanol–water partition coefficient (Wildman–Crippen LogP) is 8.00. The lowest BCUT2D eigenvalue weighted by Crippen LogP contribution is -2.16. The summed E-state index contributed by atoms with van der Waals surface area (Å²) >= 11 is 0. The largest absolute Gasteiger partial charge is 0.491 e. The highest BCUT2D eigenvalue weighted by Crippen LogP contribution is 2.35. The molecule has 196 valence electrons. The molecule has 1 atom stereocenters. The van der Waals surface area contributed by atoms with E-state index in [1.165, 1.54) is 36.4 Å². The molecule has 0 heterocycles. The summed E-state index contributed by atoms with van der Waals surface area (Å²) in [5, 5.41) is 0. The van der Waals surface area contributed by atoms with Crippen molar-refractivity contribution in [2.45, 2.75) is 45.8 Å². The molecule has 4 rings (SSSR count). The van der Waals surface area contributed by atoms with E-state index in [1.807, 2.05) is 6.08 Å². The molecule has 0 radical (unpaired) electrons. The number of ether oxygens (including phenoxy) is 3. The van der Waals surface area contributed by atoms with Crippen LogP contribution in [0.15, 0.2) is 48.5 Å². The monoisotopic (exact) mass is 518 g/mol. The van der Waals surface area contributed by atoms with Gasteiger partial charge in [0.2, 0.25) is 11.6 Å². The van der Waals surface area contributed by atoms with Gasteiger partial charge in [0.15, 0.2) is 23.1 Å². The standard InChI is InChI=1S/C29H27F5O3/c1-3-35-24-13-8-19(26(31)28(24)33)16-37-20-9-5-17(6-10-20)18-7-11-21(23(30)15-18)22-12-14-25(36-4-2)29(34)27(22)32/h5,7-8,11-15,20H,3-4,6,9-10,16H2,1-2H3. The van der Waals surface area contributed by atoms with Crippen LogP contribution in [0.5, 0.6) is 11.5 Å². The summed E-state index contributed by atoms with van der Waals surface area (Å²) in [7, 11) is 0. The van der Waals surface area contributed by atoms with Gasteiger partial charge in [-0.2, -0.15) is 8.78 Å². The van der Waals surface area contributed by atoms with Crippen molar-refractivity contribution in [3.8, 4) is 22.6 Å². The second kappa shape index (κ2) is 11.8. The first-order valence-electron chi connectivity index (χ1n) is 12.1. The third kappa shape index (κ3) is 5.80. The minimum absolute atomic E-state index is 0.0505. The van der Waals surface area contributed by atoms with Crippen LogP contribution in [-0.4, -0.2) is 19.3 Å². The van der Waals surface area contributed by atoms with E-state index in [4.69, 9.17) is 14.2 Å². The maximum Gasteiger partial charge on any atom is 0.201 e. The summed E-state index contributed by atoms with van der Waals surface area (Å²) < 4.78 is 88.0. The van der Waals surface area contributed by atoms with Crippen LogP contribution in [0, 0.1) is 29.1 Å². The molecule has 1 aliphatic carbocycles. The van der Waals surface area contributed by atoms with Gasteiger partial charge in [-0.3, -0.25) is 0 Å². The van der Waals surface area contributed by atoms with Crippen molar-refractivity contribution < 1.29 is 36.2 Å². The van der Waals surface area contributed by atoms with Crippen molar-refractivity contribution >= 4 is 5.57 Å². The van der Waals surface area contributed by atoms with Crippen molar-refractivity contribution in [1.82, 2.24) is 0 Å². The van der Waals surface area contributed by atoms with Crippen molar-refractivity contribution in [1.29, 1.82) is 0 Å². The lowest BCUT2D eigenvalue weighted by Gasteiger charge is -2.23. The van der Waals surface area contributed by atoms with E-state index in [0.717, 1.165) is 5.57 Å². The van der Waals surface area contributed by atoms with E-state index in [9.17, 15) is 22.0 Å². The zero-order valence-corrected chi connectivity index (χ0v) is 20.6. The van der Waals surface area contributed by atoms with Crippen molar-refractivity contribution in [3.63, 3.8) is 0 Å². The van der Waals surface area contributed by atoms with Gasteiger partial charge in [-0.05, 0) is 74.6 Å². The molecular weight excluding hydrogens is 491 g/mol. The van der Waals surface area contributed by atoms with Gasteiger partial charge in [0.05, 0.1) is 25.9 Å². The first-order chi connectivity index (χ1) is 17.8. The zero-order valence-electron chi connectivity index (χ0n) is 20.6. The Bertz CT molecular complexity index is 1310. The van der Waals surface area contributed by atoms with Gasteiger partial charge in [-0.1, -0.05) is 18.2 Å². The molecule has 0 N–H and O–H groups in total. The van der Waals surface area contributed by atoms with Crippen LogP contribution < -0.4 is 9.47 Å². The third-order valence-electron chi connectivity index (χ3n) is 6.24. The quantitative estimate of drug-likeness (QED) is 0.269. The fraction of sp³-hybridized carbons (Fsp3) is 0.310. The van der Waals surface area contributed by atoms with Gasteiger partial charge in [0.25, 0.3) is 0 Å². The van der Waals surface area contributed by atoms with Crippen LogP contribution >= 0.6 is 0 Å². The number of allylic oxidation sites excluding steroid dienone is 1. The molecule has 0 saturated carbocycles. The highest BCUT2D eigenvalue weighted by molar-refractivity contribution is 5.72. The van der Waals surface area contributed by atoms with Gasteiger partial charge < -0.3 is 14.2 Å². The summed E-state index contributed by atoms with van der Waals surface area (Å²) in [4.78, 5) is 0. The molecule has 0 amide bonds. The Morgan fingerprint density at radius 2 is 1.41 bits per heavy atom. The smallest absolute Gasteiger partial charge is 0.201 e. The summed E-state index contributed by atoms with van der Waals surface area (Å²) in [5.41, 5.74) is 1.39. The average molecular weight is 519 g/mol. The van der Waals surface area contributed by atoms with Gasteiger partial charge in [0.1, 0.15) is 5.82 Å². The van der Waals surface area contributed by atoms with Crippen LogP contribution in [-0.2, 0) is 11.3 Å². The minimum atomic E-state index is -1.17. The summed E-state index contributed by atoms with van der Waals surface area (Å²) in [6.07, 6.45) is 3.40. The fourth-order valence-electron chi connectivity index (χ4n) is 4.32.